The Morgan fingerprint density at radius 1 is 1.47 bits per heavy atom. The Bertz CT molecular complexity index is 336. The average molecular weight is 250 g/mol. The van der Waals surface area contributed by atoms with Crippen LogP contribution in [0.4, 0.5) is 0 Å². The maximum Gasteiger partial charge on any atom is 0.220 e. The molecule has 2 unspecified atom stereocenters. The van der Waals surface area contributed by atoms with Gasteiger partial charge in [-0.1, -0.05) is 18.6 Å². The van der Waals surface area contributed by atoms with Crippen LogP contribution in [-0.2, 0) is 10.0 Å². The largest absolute Gasteiger partial charge is 0.392 e. The predicted octanol–water partition coefficient (Wildman–Crippen LogP) is 0.769. The number of thiocarbonyl (C=S) groups is 1. The third kappa shape index (κ3) is 3.12. The Morgan fingerprint density at radius 3 is 2.33 bits per heavy atom. The van der Waals surface area contributed by atoms with Gasteiger partial charge < -0.3 is 5.73 Å². The van der Waals surface area contributed by atoms with Crippen molar-refractivity contribution in [3.63, 3.8) is 0 Å². The molecule has 0 bridgehead atoms. The van der Waals surface area contributed by atoms with E-state index in [-0.39, 0.29) is 11.0 Å². The molecular weight excluding hydrogens is 232 g/mol. The van der Waals surface area contributed by atoms with Gasteiger partial charge >= 0.3 is 0 Å². The van der Waals surface area contributed by atoms with Crippen LogP contribution in [0.1, 0.15) is 33.1 Å². The van der Waals surface area contributed by atoms with Crippen molar-refractivity contribution >= 4 is 27.2 Å². The highest BCUT2D eigenvalue weighted by molar-refractivity contribution is 7.93. The fourth-order valence-electron chi connectivity index (χ4n) is 1.55. The average Bonchev–Trinajstić information content (AvgIpc) is 1.97. The number of hydrogen-bond donors (Lipinski definition) is 2. The van der Waals surface area contributed by atoms with E-state index in [0.29, 0.717) is 5.92 Å². The minimum Gasteiger partial charge on any atom is -0.392 e. The number of hydrogen-bond acceptors (Lipinski definition) is 3. The summed E-state index contributed by atoms with van der Waals surface area (Å²) >= 11 is 4.69. The minimum absolute atomic E-state index is 0.0134. The van der Waals surface area contributed by atoms with Crippen molar-refractivity contribution in [1.29, 1.82) is 0 Å². The lowest BCUT2D eigenvalue weighted by atomic mass is 9.81. The summed E-state index contributed by atoms with van der Waals surface area (Å²) in [6, 6.07) is -0.0134. The van der Waals surface area contributed by atoms with E-state index in [9.17, 15) is 8.42 Å². The first kappa shape index (κ1) is 12.9. The molecule has 3 N–H and O–H groups in total. The van der Waals surface area contributed by atoms with Crippen molar-refractivity contribution in [1.82, 2.24) is 4.72 Å². The van der Waals surface area contributed by atoms with E-state index in [2.05, 4.69) is 16.9 Å². The molecule has 0 amide bonds. The number of rotatable bonds is 5. The second-order valence-electron chi connectivity index (χ2n) is 4.19. The van der Waals surface area contributed by atoms with E-state index < -0.39 is 15.3 Å². The van der Waals surface area contributed by atoms with Crippen LogP contribution in [0.2, 0.25) is 0 Å². The fraction of sp³-hybridized carbons (Fsp3) is 0.889. The molecule has 2 atom stereocenters. The van der Waals surface area contributed by atoms with E-state index in [1.165, 1.54) is 13.3 Å². The van der Waals surface area contributed by atoms with Gasteiger partial charge in [0.15, 0.2) is 0 Å². The van der Waals surface area contributed by atoms with Crippen LogP contribution in [0.15, 0.2) is 0 Å². The Labute approximate surface area is 96.7 Å². The van der Waals surface area contributed by atoms with Crippen LogP contribution in [0.5, 0.6) is 0 Å². The first-order valence-corrected chi connectivity index (χ1v) is 7.10. The Hall–Kier alpha value is -0.200. The van der Waals surface area contributed by atoms with Crippen molar-refractivity contribution in [2.45, 2.75) is 44.4 Å². The van der Waals surface area contributed by atoms with Crippen molar-refractivity contribution < 1.29 is 8.42 Å². The quantitative estimate of drug-likeness (QED) is 0.707. The molecule has 1 saturated carbocycles. The van der Waals surface area contributed by atoms with Gasteiger partial charge in [0.25, 0.3) is 0 Å². The molecule has 0 aromatic carbocycles. The zero-order valence-corrected chi connectivity index (χ0v) is 10.7. The molecule has 1 aliphatic rings. The third-order valence-electron chi connectivity index (χ3n) is 3.07. The molecule has 0 spiro atoms. The fourth-order valence-corrected chi connectivity index (χ4v) is 3.15. The molecule has 1 aliphatic carbocycles. The van der Waals surface area contributed by atoms with E-state index in [1.807, 2.05) is 6.92 Å². The Balaban J connectivity index is 2.58. The standard InChI is InChI=1S/C9H18N2O2S2/c1-6(8-4-3-5-8)11-15(12,13)7(2)9(10)14/h6-8,11H,3-5H2,1-2H3,(H2,10,14). The van der Waals surface area contributed by atoms with E-state index >= 15 is 0 Å². The molecule has 15 heavy (non-hydrogen) atoms. The molecule has 0 heterocycles. The Morgan fingerprint density at radius 2 is 2.00 bits per heavy atom. The molecular formula is C9H18N2O2S2. The maximum atomic E-state index is 11.7. The molecule has 0 aromatic heterocycles. The molecule has 0 radical (unpaired) electrons. The summed E-state index contributed by atoms with van der Waals surface area (Å²) in [6.07, 6.45) is 3.40. The summed E-state index contributed by atoms with van der Waals surface area (Å²) < 4.78 is 26.1. The van der Waals surface area contributed by atoms with Crippen LogP contribution in [0.25, 0.3) is 0 Å². The van der Waals surface area contributed by atoms with Gasteiger partial charge in [-0.15, -0.1) is 0 Å². The van der Waals surface area contributed by atoms with Crippen molar-refractivity contribution in [2.24, 2.45) is 11.7 Å². The van der Waals surface area contributed by atoms with E-state index in [0.717, 1.165) is 12.8 Å². The molecule has 6 heteroatoms. The topological polar surface area (TPSA) is 72.2 Å². The van der Waals surface area contributed by atoms with Gasteiger partial charge in [-0.25, -0.2) is 13.1 Å². The predicted molar refractivity (Wildman–Crippen MR) is 65.1 cm³/mol. The SMILES string of the molecule is CC(NS(=O)(=O)C(C)C(N)=S)C1CCC1. The lowest BCUT2D eigenvalue weighted by Crippen LogP contribution is -2.47. The highest BCUT2D eigenvalue weighted by Gasteiger charge is 2.30. The number of sulfonamides is 1. The number of nitrogens with two attached hydrogens (primary N) is 1. The molecule has 88 valence electrons. The van der Waals surface area contributed by atoms with E-state index in [4.69, 9.17) is 5.73 Å². The lowest BCUT2D eigenvalue weighted by molar-refractivity contribution is 0.260. The van der Waals surface area contributed by atoms with Crippen LogP contribution in [-0.4, -0.2) is 24.7 Å². The number of nitrogens with one attached hydrogen (secondary N) is 1. The summed E-state index contributed by atoms with van der Waals surface area (Å²) in [5, 5.41) is -0.796. The van der Waals surface area contributed by atoms with Crippen LogP contribution in [0, 0.1) is 5.92 Å². The van der Waals surface area contributed by atoms with Crippen molar-refractivity contribution in [3.05, 3.63) is 0 Å². The molecule has 0 aromatic rings. The highest BCUT2D eigenvalue weighted by Crippen LogP contribution is 2.29. The zero-order chi connectivity index (χ0) is 11.6. The van der Waals surface area contributed by atoms with Crippen LogP contribution >= 0.6 is 12.2 Å². The highest BCUT2D eigenvalue weighted by atomic mass is 32.2. The van der Waals surface area contributed by atoms with Crippen LogP contribution in [0.3, 0.4) is 0 Å². The lowest BCUT2D eigenvalue weighted by Gasteiger charge is -2.32. The third-order valence-corrected chi connectivity index (χ3v) is 5.46. The molecule has 0 aliphatic heterocycles. The summed E-state index contributed by atoms with van der Waals surface area (Å²) in [4.78, 5) is 0.0170. The van der Waals surface area contributed by atoms with Gasteiger partial charge in [0.05, 0.1) is 4.99 Å². The molecule has 1 fully saturated rings. The summed E-state index contributed by atoms with van der Waals surface area (Å²) in [5.74, 6) is 0.471. The van der Waals surface area contributed by atoms with Crippen molar-refractivity contribution in [3.8, 4) is 0 Å². The molecule has 1 rings (SSSR count). The smallest absolute Gasteiger partial charge is 0.220 e. The van der Waals surface area contributed by atoms with Gasteiger partial charge in [-0.05, 0) is 32.6 Å². The van der Waals surface area contributed by atoms with Gasteiger partial charge in [0, 0.05) is 6.04 Å². The zero-order valence-electron chi connectivity index (χ0n) is 9.06. The maximum absolute atomic E-state index is 11.7. The van der Waals surface area contributed by atoms with E-state index in [1.54, 1.807) is 0 Å². The van der Waals surface area contributed by atoms with Gasteiger partial charge in [-0.2, -0.15) is 0 Å². The second kappa shape index (κ2) is 4.76. The summed E-state index contributed by atoms with van der Waals surface area (Å²) in [5.41, 5.74) is 5.33. The van der Waals surface area contributed by atoms with Crippen LogP contribution < -0.4 is 10.5 Å². The normalized spacial score (nSPS) is 21.7. The van der Waals surface area contributed by atoms with Gasteiger partial charge in [0.2, 0.25) is 10.0 Å². The van der Waals surface area contributed by atoms with Gasteiger partial charge in [0.1, 0.15) is 5.25 Å². The molecule has 0 saturated heterocycles. The monoisotopic (exact) mass is 250 g/mol. The second-order valence-corrected chi connectivity index (χ2v) is 6.69. The van der Waals surface area contributed by atoms with Crippen molar-refractivity contribution in [2.75, 3.05) is 0 Å². The summed E-state index contributed by atoms with van der Waals surface area (Å²) in [7, 11) is -3.40. The first-order chi connectivity index (χ1) is 6.84. The summed E-state index contributed by atoms with van der Waals surface area (Å²) in [6.45, 7) is 3.41. The first-order valence-electron chi connectivity index (χ1n) is 5.15. The minimum atomic E-state index is -3.40. The van der Waals surface area contributed by atoms with Gasteiger partial charge in [-0.3, -0.25) is 0 Å². The Kier molecular flexibility index (Phi) is 4.08. The molecule has 4 nitrogen and oxygen atoms in total.